The van der Waals surface area contributed by atoms with Crippen LogP contribution in [0.4, 0.5) is 22.7 Å². The van der Waals surface area contributed by atoms with Crippen LogP contribution in [0.15, 0.2) is 128 Å². The van der Waals surface area contributed by atoms with Crippen LogP contribution in [-0.4, -0.2) is 9.55 Å². The van der Waals surface area contributed by atoms with Gasteiger partial charge >= 0.3 is 0 Å². The number of fused-ring (bicyclic) bond motifs is 3. The van der Waals surface area contributed by atoms with E-state index in [0.29, 0.717) is 39.1 Å². The predicted molar refractivity (Wildman–Crippen MR) is 257 cm³/mol. The number of hydrogen-bond acceptors (Lipinski definition) is 4. The number of hydrogen-bond donors (Lipinski definition) is 1. The molecule has 62 heavy (non-hydrogen) atoms. The molecule has 8 rings (SSSR count). The van der Waals surface area contributed by atoms with Gasteiger partial charge in [0.05, 0.1) is 5.69 Å². The molecular formula is C56H57N4OPt-3. The largest absolute Gasteiger partial charge is 0.515 e. The number of pyridine rings is 1. The molecule has 2 heterocycles. The first-order chi connectivity index (χ1) is 31.3. The number of benzene rings is 6. The summed E-state index contributed by atoms with van der Waals surface area (Å²) in [7, 11) is 4.60. The van der Waals surface area contributed by atoms with Crippen LogP contribution in [0, 0.1) is 32.9 Å². The van der Waals surface area contributed by atoms with Crippen LogP contribution in [0.3, 0.4) is 0 Å². The molecule has 8 aromatic rings. The molecule has 0 unspecified atom stereocenters. The second-order valence-corrected chi connectivity index (χ2v) is 18.9. The third kappa shape index (κ3) is 8.97. The average molecular weight is 1000 g/mol. The zero-order valence-electron chi connectivity index (χ0n) is 42.9. The van der Waals surface area contributed by atoms with Crippen LogP contribution >= 0.6 is 0 Å². The third-order valence-electron chi connectivity index (χ3n) is 11.2. The predicted octanol–water partition coefficient (Wildman–Crippen LogP) is 15.4. The molecule has 0 radical (unpaired) electrons. The van der Waals surface area contributed by atoms with E-state index in [2.05, 4.69) is 122 Å². The molecule has 0 aliphatic rings. The van der Waals surface area contributed by atoms with Crippen LogP contribution in [-0.2, 0) is 37.3 Å². The molecule has 6 aromatic carbocycles. The Morgan fingerprint density at radius 1 is 0.710 bits per heavy atom. The monoisotopic (exact) mass is 1000 g/mol. The van der Waals surface area contributed by atoms with E-state index in [-0.39, 0.29) is 54.2 Å². The topological polar surface area (TPSA) is 42.3 Å². The molecule has 6 heteroatoms. The molecular weight excluding hydrogens is 940 g/mol. The first kappa shape index (κ1) is 37.0. The van der Waals surface area contributed by atoms with Crippen molar-refractivity contribution in [3.8, 4) is 28.4 Å². The maximum absolute atomic E-state index is 8.77. The van der Waals surface area contributed by atoms with Crippen molar-refractivity contribution < 1.29 is 34.0 Å². The average Bonchev–Trinajstić information content (AvgIpc) is 3.58. The number of para-hydroxylation sites is 3. The summed E-state index contributed by atoms with van der Waals surface area (Å²) in [5, 5.41) is 4.83. The van der Waals surface area contributed by atoms with E-state index in [4.69, 9.17) is 13.0 Å². The zero-order chi connectivity index (χ0) is 48.4. The Bertz CT molecular complexity index is 3120. The Morgan fingerprint density at radius 2 is 1.39 bits per heavy atom. The van der Waals surface area contributed by atoms with E-state index >= 15 is 0 Å². The molecule has 0 aliphatic heterocycles. The van der Waals surface area contributed by atoms with Gasteiger partial charge in [-0.05, 0) is 98.8 Å². The Balaban J connectivity index is 0.00000684. The van der Waals surface area contributed by atoms with Crippen LogP contribution in [0.2, 0.25) is 0 Å². The molecule has 0 bridgehead atoms. The summed E-state index contributed by atoms with van der Waals surface area (Å²) in [6.07, 6.45) is 1.45. The van der Waals surface area contributed by atoms with E-state index in [9.17, 15) is 0 Å². The number of nitrogens with zero attached hydrogens (tertiary/aromatic N) is 3. The smallest absolute Gasteiger partial charge is 0.135 e. The van der Waals surface area contributed by atoms with E-state index in [1.165, 1.54) is 35.5 Å². The maximum Gasteiger partial charge on any atom is 0.135 e. The molecule has 5 nitrogen and oxygen atoms in total. The van der Waals surface area contributed by atoms with Gasteiger partial charge in [-0.1, -0.05) is 141 Å². The molecule has 0 saturated heterocycles. The zero-order valence-corrected chi connectivity index (χ0v) is 39.2. The maximum atomic E-state index is 8.77. The van der Waals surface area contributed by atoms with E-state index in [1.54, 1.807) is 4.57 Å². The van der Waals surface area contributed by atoms with Crippen molar-refractivity contribution in [2.75, 3.05) is 10.2 Å². The number of ether oxygens (including phenoxy) is 1. The minimum Gasteiger partial charge on any atom is -0.515 e. The molecule has 1 N–H and O–H groups in total. The SMILES string of the molecule is [2H]C([2H])([2H])c1ccnc(-n2c3[c-]c(Oc4[c-]c(N([CH2-])c5ccccc5Nc5cc(C(C)(C)C)cc(C(C)(C)C)c5)cc(-c5ccccc5C(C)(C)C)c4)cc(C([2H])([2H])[2H])c3c3ccccc32)c1.[Pt]. The van der Waals surface area contributed by atoms with Gasteiger partial charge in [0, 0.05) is 63.9 Å². The van der Waals surface area contributed by atoms with Crippen LogP contribution in [0.25, 0.3) is 38.8 Å². The Hall–Kier alpha value is -5.64. The van der Waals surface area contributed by atoms with Crippen molar-refractivity contribution >= 4 is 44.6 Å². The van der Waals surface area contributed by atoms with Gasteiger partial charge in [-0.25, -0.2) is 4.98 Å². The summed E-state index contributed by atoms with van der Waals surface area (Å²) in [4.78, 5) is 6.42. The van der Waals surface area contributed by atoms with Gasteiger partial charge in [-0.15, -0.1) is 47.1 Å². The first-order valence-corrected chi connectivity index (χ1v) is 20.7. The Labute approximate surface area is 391 Å². The van der Waals surface area contributed by atoms with Crippen molar-refractivity contribution in [3.05, 3.63) is 175 Å². The number of aryl methyl sites for hydroxylation is 2. The van der Waals surface area contributed by atoms with E-state index in [1.807, 2.05) is 77.7 Å². The molecule has 0 aliphatic carbocycles. The van der Waals surface area contributed by atoms with Crippen LogP contribution < -0.4 is 15.0 Å². The van der Waals surface area contributed by atoms with E-state index < -0.39 is 13.7 Å². The fourth-order valence-electron chi connectivity index (χ4n) is 7.88. The Kier molecular flexibility index (Phi) is 10.1. The molecule has 0 amide bonds. The number of nitrogens with one attached hydrogen (secondary N) is 1. The van der Waals surface area contributed by atoms with Gasteiger partial charge in [0.25, 0.3) is 0 Å². The third-order valence-corrected chi connectivity index (χ3v) is 11.2. The normalized spacial score (nSPS) is 13.9. The molecule has 2 aromatic heterocycles. The van der Waals surface area contributed by atoms with Crippen molar-refractivity contribution in [1.29, 1.82) is 0 Å². The van der Waals surface area contributed by atoms with E-state index in [0.717, 1.165) is 33.8 Å². The second kappa shape index (κ2) is 16.9. The number of rotatable bonds is 8. The van der Waals surface area contributed by atoms with Crippen molar-refractivity contribution in [3.63, 3.8) is 0 Å². The molecule has 0 fully saturated rings. The van der Waals surface area contributed by atoms with Crippen LogP contribution in [0.1, 0.15) is 98.4 Å². The number of aromatic nitrogens is 2. The minimum absolute atomic E-state index is 0. The Morgan fingerprint density at radius 3 is 2.10 bits per heavy atom. The van der Waals surface area contributed by atoms with Crippen molar-refractivity contribution in [1.82, 2.24) is 9.55 Å². The second-order valence-electron chi connectivity index (χ2n) is 18.9. The van der Waals surface area contributed by atoms with Crippen molar-refractivity contribution in [2.45, 2.75) is 92.3 Å². The van der Waals surface area contributed by atoms with Gasteiger partial charge in [-0.3, -0.25) is 7.05 Å². The van der Waals surface area contributed by atoms with Gasteiger partial charge < -0.3 is 19.5 Å². The molecule has 320 valence electrons. The molecule has 0 spiro atoms. The van der Waals surface area contributed by atoms with Crippen LogP contribution in [0.5, 0.6) is 11.5 Å². The summed E-state index contributed by atoms with van der Waals surface area (Å²) in [6.45, 7) is 14.9. The first-order valence-electron chi connectivity index (χ1n) is 23.7. The number of anilines is 4. The quantitative estimate of drug-likeness (QED) is 0.154. The fourth-order valence-corrected chi connectivity index (χ4v) is 7.88. The summed E-state index contributed by atoms with van der Waals surface area (Å²) in [6, 6.07) is 45.7. The summed E-state index contributed by atoms with van der Waals surface area (Å²) in [5.74, 6) is 0.739. The van der Waals surface area contributed by atoms with Gasteiger partial charge in [0.2, 0.25) is 0 Å². The van der Waals surface area contributed by atoms with Gasteiger partial charge in [0.15, 0.2) is 0 Å². The molecule has 0 saturated carbocycles. The standard InChI is InChI=1S/C56H57N4O.Pt/c1-36-25-26-57-52(27-36)60-49-23-17-14-20-46(49)53-37(2)28-43(35-51(53)60)61-44-30-38(45-19-13-15-21-47(45)56(9,10)11)29-42(34-44)59(12)50-24-18-16-22-48(50)58-41-32-39(54(3,4)5)31-40(33-41)55(6,7)8;/h13-33,58H,12H2,1-11H3;/q-3;/i1D3,2D3;. The summed E-state index contributed by atoms with van der Waals surface area (Å²) >= 11 is 0. The van der Waals surface area contributed by atoms with Gasteiger partial charge in [-0.2, -0.15) is 0 Å². The van der Waals surface area contributed by atoms with Gasteiger partial charge in [0.1, 0.15) is 5.82 Å². The molecule has 0 atom stereocenters. The van der Waals surface area contributed by atoms with Crippen molar-refractivity contribution in [2.24, 2.45) is 0 Å². The fraction of sp³-hybridized carbons (Fsp3) is 0.250. The summed E-state index contributed by atoms with van der Waals surface area (Å²) in [5.41, 5.74) is 9.41. The summed E-state index contributed by atoms with van der Waals surface area (Å²) < 4.78 is 59.2. The minimum atomic E-state index is -2.57.